The second-order valence-electron chi connectivity index (χ2n) is 33.0. The summed E-state index contributed by atoms with van der Waals surface area (Å²) in [5.41, 5.74) is 4.44. The smallest absolute Gasteiger partial charge is 0.270 e. The first-order valence-electron chi connectivity index (χ1n) is 44.9. The highest BCUT2D eigenvalue weighted by molar-refractivity contribution is 7.34. The van der Waals surface area contributed by atoms with Crippen molar-refractivity contribution in [2.75, 3.05) is 0 Å². The number of aromatic nitrogens is 2. The van der Waals surface area contributed by atoms with Gasteiger partial charge in [0.15, 0.2) is 34.8 Å². The monoisotopic (exact) mass is 1820 g/mol. The topological polar surface area (TPSA) is 136 Å². The number of carbonyl (C=O) groups excluding carboxylic acids is 2. The molecular formula is C102H110Cl2F4N6O2S7. The summed E-state index contributed by atoms with van der Waals surface area (Å²) in [6.45, 7) is 21.4. The van der Waals surface area contributed by atoms with Crippen LogP contribution in [0, 0.1) is 75.7 Å². The van der Waals surface area contributed by atoms with Crippen LogP contribution in [0.1, 0.15) is 322 Å². The number of benzene rings is 2. The van der Waals surface area contributed by atoms with E-state index in [4.69, 9.17) is 39.7 Å². The van der Waals surface area contributed by atoms with Gasteiger partial charge in [0.25, 0.3) is 5.70 Å². The molecule has 123 heavy (non-hydrogen) atoms. The second-order valence-corrected chi connectivity index (χ2v) is 41.4. The third kappa shape index (κ3) is 23.0. The molecule has 644 valence electrons. The lowest BCUT2D eigenvalue weighted by atomic mass is 9.92. The van der Waals surface area contributed by atoms with Crippen molar-refractivity contribution < 1.29 is 27.2 Å². The maximum atomic E-state index is 14.9. The van der Waals surface area contributed by atoms with E-state index in [1.807, 2.05) is 30.4 Å². The summed E-state index contributed by atoms with van der Waals surface area (Å²) >= 11 is 27.2. The molecule has 2 unspecified atom stereocenters. The normalized spacial score (nSPS) is 14.4. The van der Waals surface area contributed by atoms with Crippen molar-refractivity contribution in [2.45, 2.75) is 286 Å². The number of Topliss-reactive ketones (excluding diaryl/α,β-unsaturated/α-hetero) is 2. The van der Waals surface area contributed by atoms with E-state index in [-0.39, 0.29) is 55.8 Å². The summed E-state index contributed by atoms with van der Waals surface area (Å²) in [6.07, 6.45) is 53.5. The van der Waals surface area contributed by atoms with Crippen LogP contribution < -0.4 is 0 Å². The minimum atomic E-state index is -1.20. The number of hydrogen-bond donors (Lipinski definition) is 0. The van der Waals surface area contributed by atoms with Crippen molar-refractivity contribution in [3.63, 3.8) is 0 Å². The van der Waals surface area contributed by atoms with Crippen LogP contribution in [0.2, 0.25) is 10.0 Å². The van der Waals surface area contributed by atoms with Crippen molar-refractivity contribution in [3.05, 3.63) is 193 Å². The lowest BCUT2D eigenvalue weighted by Crippen LogP contribution is -2.04. The Morgan fingerprint density at radius 2 is 0.789 bits per heavy atom. The van der Waals surface area contributed by atoms with Gasteiger partial charge in [-0.2, -0.15) is 10.5 Å². The number of rotatable bonds is 48. The van der Waals surface area contributed by atoms with E-state index in [9.17, 15) is 42.9 Å². The first-order chi connectivity index (χ1) is 59.9. The van der Waals surface area contributed by atoms with Crippen LogP contribution >= 0.6 is 103 Å². The fourth-order valence-electron chi connectivity index (χ4n) is 17.2. The Hall–Kier alpha value is -7.76. The van der Waals surface area contributed by atoms with Gasteiger partial charge < -0.3 is 0 Å². The van der Waals surface area contributed by atoms with Crippen molar-refractivity contribution in [1.82, 2.24) is 9.97 Å². The zero-order valence-electron chi connectivity index (χ0n) is 71.7. The van der Waals surface area contributed by atoms with Crippen LogP contribution in [0.5, 0.6) is 0 Å². The lowest BCUT2D eigenvalue weighted by molar-refractivity contribution is 0.103. The maximum Gasteiger partial charge on any atom is 0.270 e. The standard InChI is InChI=1S/C102H110Cl2F4N6O2S7/c1-8-14-20-24-26-28-30-32-36-44-66-81(48-38-46-68-91(65(60-109)61-110)70-52-76(105)78(107)54-72(70)97(68)115)117-87-58-89(121-99(66)87)101-95-96(114-94(86-57-75(104)84(120-86)51-64(41-19-13-6)43-35-23-17-11-4)93(113-95)85-56-74(103)83(119-85)50-63(40-18-12-5)42-34-22-16-10-3)102(123-101)90-59-88-100(122-90)67(45-37-33-31-29-27-25-21-15-9-2)82(118-88)49-39-47-69-92(80(62-111)112-7)71-53-77(106)79(108)55-73(71)98(69)116/h38-39,46-49,52-59,63-64H,8-37,40-45,50-51H2,1-6H3/b48-38+,49-39+,68-46-,69-47-,92-80-. The molecule has 8 heterocycles. The number of hydrogen-bond acceptors (Lipinski definition) is 14. The number of nitriles is 3. The number of halogens is 6. The molecule has 12 rings (SSSR count). The average molecular weight is 1820 g/mol. The quantitative estimate of drug-likeness (QED) is 0.0122. The maximum absolute atomic E-state index is 14.9. The summed E-state index contributed by atoms with van der Waals surface area (Å²) in [7, 11) is 0. The molecular weight excluding hydrogens is 1710 g/mol. The molecule has 0 saturated heterocycles. The highest BCUT2D eigenvalue weighted by atomic mass is 35.5. The fourth-order valence-corrected chi connectivity index (χ4v) is 26.9. The first-order valence-corrected chi connectivity index (χ1v) is 51.3. The Labute approximate surface area is 762 Å². The molecule has 0 N–H and O–H groups in total. The summed E-state index contributed by atoms with van der Waals surface area (Å²) in [5, 5.41) is 32.0. The predicted octanol–water partition coefficient (Wildman–Crippen LogP) is 35.3. The highest BCUT2D eigenvalue weighted by Gasteiger charge is 2.37. The number of carbonyl (C=O) groups is 2. The molecule has 0 amide bonds. The number of aryl methyl sites for hydroxylation is 2. The molecule has 2 aromatic carbocycles. The minimum Gasteiger partial charge on any atom is -0.289 e. The van der Waals surface area contributed by atoms with Crippen LogP contribution in [0.25, 0.3) is 98.6 Å². The van der Waals surface area contributed by atoms with Gasteiger partial charge in [0.1, 0.15) is 40.1 Å². The summed E-state index contributed by atoms with van der Waals surface area (Å²) in [4.78, 5) is 54.1. The van der Waals surface area contributed by atoms with E-state index in [1.54, 1.807) is 104 Å². The molecule has 10 aromatic rings. The van der Waals surface area contributed by atoms with E-state index in [2.05, 4.69) is 70.7 Å². The molecule has 0 saturated carbocycles. The van der Waals surface area contributed by atoms with E-state index < -0.39 is 34.8 Å². The van der Waals surface area contributed by atoms with Crippen molar-refractivity contribution in [1.29, 1.82) is 15.8 Å². The number of nitrogens with zero attached hydrogens (tertiary/aromatic N) is 6. The van der Waals surface area contributed by atoms with E-state index in [0.717, 1.165) is 240 Å². The third-order valence-electron chi connectivity index (χ3n) is 23.9. The molecule has 21 heteroatoms. The van der Waals surface area contributed by atoms with Crippen molar-refractivity contribution in [3.8, 4) is 58.9 Å². The Morgan fingerprint density at radius 3 is 1.17 bits per heavy atom. The third-order valence-corrected chi connectivity index (χ3v) is 33.6. The molecule has 0 bridgehead atoms. The molecule has 0 radical (unpaired) electrons. The van der Waals surface area contributed by atoms with Gasteiger partial charge in [-0.15, -0.1) is 79.4 Å². The van der Waals surface area contributed by atoms with Crippen LogP contribution in [0.4, 0.5) is 17.6 Å². The van der Waals surface area contributed by atoms with Crippen LogP contribution in [0.3, 0.4) is 0 Å². The SMILES string of the molecule is [C-]#[N+]/C(C#N)=C1/C(=C/C=C/c2sc3cc(-c4sc(-c5cc6sc(/C=C/C=C7\C(=O)c8cc(F)c(F)cc8C7=C(C#N)C#N)c(CCCCCCCCCCC)c6s5)c5nc(-c6cc(Cl)c(CC(CCCC)CCCCCC)s6)c(-c6cc(Cl)c(CC(CCCC)CCCCCC)s6)nc45)sc3c2CCCCCCCCCCC)C(=O)c2cc(F)c(F)cc21. The van der Waals surface area contributed by atoms with Gasteiger partial charge >= 0.3 is 0 Å². The summed E-state index contributed by atoms with van der Waals surface area (Å²) in [6, 6.07) is 18.0. The van der Waals surface area contributed by atoms with E-state index >= 15 is 0 Å². The molecule has 2 aliphatic rings. The average Bonchev–Trinajstić information content (AvgIpc) is 1.58. The molecule has 0 aliphatic heterocycles. The number of ketones is 2. The molecule has 8 aromatic heterocycles. The number of fused-ring (bicyclic) bond motifs is 5. The van der Waals surface area contributed by atoms with Gasteiger partial charge in [0, 0.05) is 81.5 Å². The molecule has 0 spiro atoms. The van der Waals surface area contributed by atoms with Gasteiger partial charge in [0.05, 0.1) is 42.2 Å². The second kappa shape index (κ2) is 46.6. The largest absolute Gasteiger partial charge is 0.289 e. The van der Waals surface area contributed by atoms with Crippen molar-refractivity contribution in [2.24, 2.45) is 11.8 Å². The Bertz CT molecular complexity index is 5440. The van der Waals surface area contributed by atoms with Gasteiger partial charge in [0.2, 0.25) is 0 Å². The van der Waals surface area contributed by atoms with Gasteiger partial charge in [-0.05, 0) is 133 Å². The van der Waals surface area contributed by atoms with E-state index in [0.29, 0.717) is 11.8 Å². The number of thiophene rings is 7. The number of unbranched alkanes of at least 4 members (excludes halogenated alkanes) is 24. The molecule has 8 nitrogen and oxygen atoms in total. The van der Waals surface area contributed by atoms with Crippen molar-refractivity contribution >= 4 is 167 Å². The zero-order chi connectivity index (χ0) is 87.1. The van der Waals surface area contributed by atoms with Gasteiger partial charge in [-0.3, -0.25) is 9.59 Å². The highest BCUT2D eigenvalue weighted by Crippen LogP contribution is 2.55. The zero-order valence-corrected chi connectivity index (χ0v) is 79.0. The number of allylic oxidation sites excluding steroid dienone is 10. The Balaban J connectivity index is 1.04. The molecule has 0 fully saturated rings. The Kier molecular flexibility index (Phi) is 35.8. The summed E-state index contributed by atoms with van der Waals surface area (Å²) < 4.78 is 63.9. The minimum absolute atomic E-state index is 0.00578. The molecule has 2 aliphatic carbocycles. The van der Waals surface area contributed by atoms with E-state index in [1.165, 1.54) is 140 Å². The summed E-state index contributed by atoms with van der Waals surface area (Å²) in [5.74, 6) is -4.98. The first kappa shape index (κ1) is 94.4. The lowest BCUT2D eigenvalue weighted by Gasteiger charge is -2.16. The van der Waals surface area contributed by atoms with Crippen LogP contribution in [-0.4, -0.2) is 21.5 Å². The van der Waals surface area contributed by atoms with Crippen LogP contribution in [0.15, 0.2) is 95.3 Å². The molecule has 2 atom stereocenters. The van der Waals surface area contributed by atoms with Gasteiger partial charge in [-0.1, -0.05) is 295 Å². The predicted molar refractivity (Wildman–Crippen MR) is 517 cm³/mol. The fraction of sp³-hybridized carbons (Fsp3) is 0.451. The Morgan fingerprint density at radius 1 is 0.431 bits per heavy atom. The van der Waals surface area contributed by atoms with Gasteiger partial charge in [-0.25, -0.2) is 37.6 Å². The van der Waals surface area contributed by atoms with Crippen LogP contribution in [-0.2, 0) is 25.7 Å².